The lowest BCUT2D eigenvalue weighted by Gasteiger charge is -2.32. The van der Waals surface area contributed by atoms with Gasteiger partial charge in [0, 0.05) is 22.0 Å². The van der Waals surface area contributed by atoms with Crippen molar-refractivity contribution in [3.8, 4) is 16.9 Å². The Bertz CT molecular complexity index is 1700. The molecule has 0 radical (unpaired) electrons. The van der Waals surface area contributed by atoms with Gasteiger partial charge in [0.1, 0.15) is 24.2 Å². The van der Waals surface area contributed by atoms with Gasteiger partial charge in [0.25, 0.3) is 0 Å². The number of rotatable bonds is 4. The lowest BCUT2D eigenvalue weighted by molar-refractivity contribution is -0.137. The van der Waals surface area contributed by atoms with Crippen molar-refractivity contribution < 1.29 is 19.1 Å². The Labute approximate surface area is 237 Å². The van der Waals surface area contributed by atoms with E-state index in [1.165, 1.54) is 7.11 Å². The fraction of sp³-hybridized carbons (Fsp3) is 0.387. The highest BCUT2D eigenvalue weighted by molar-refractivity contribution is 6.30. The van der Waals surface area contributed by atoms with Crippen LogP contribution in [0.2, 0.25) is 5.02 Å². The fourth-order valence-corrected chi connectivity index (χ4v) is 6.95. The van der Waals surface area contributed by atoms with Crippen LogP contribution in [0.15, 0.2) is 42.5 Å². The molecule has 3 heterocycles. The van der Waals surface area contributed by atoms with Gasteiger partial charge < -0.3 is 24.7 Å². The first-order valence-electron chi connectivity index (χ1n) is 13.8. The third-order valence-electron chi connectivity index (χ3n) is 8.96. The summed E-state index contributed by atoms with van der Waals surface area (Å²) in [5.41, 5.74) is 5.02. The number of hydrogen-bond donors (Lipinski definition) is 2. The van der Waals surface area contributed by atoms with Gasteiger partial charge in [-0.15, -0.1) is 0 Å². The zero-order chi connectivity index (χ0) is 27.9. The number of H-pyrrole nitrogens is 1. The number of halogens is 1. The van der Waals surface area contributed by atoms with Gasteiger partial charge in [0.2, 0.25) is 5.91 Å². The largest absolute Gasteiger partial charge is 0.488 e. The van der Waals surface area contributed by atoms with Crippen LogP contribution in [0.1, 0.15) is 44.6 Å². The number of benzene rings is 3. The molecule has 2 N–H and O–H groups in total. The van der Waals surface area contributed by atoms with E-state index in [0.29, 0.717) is 23.5 Å². The summed E-state index contributed by atoms with van der Waals surface area (Å²) in [6.07, 6.45) is 0.241. The van der Waals surface area contributed by atoms with Gasteiger partial charge in [-0.1, -0.05) is 44.5 Å². The van der Waals surface area contributed by atoms with E-state index in [1.54, 1.807) is 0 Å². The number of aromatic amines is 1. The van der Waals surface area contributed by atoms with Crippen molar-refractivity contribution in [3.05, 3.63) is 58.9 Å². The zero-order valence-corrected chi connectivity index (χ0v) is 23.6. The van der Waals surface area contributed by atoms with E-state index in [1.807, 2.05) is 36.9 Å². The molecule has 9 heteroatoms. The first-order chi connectivity index (χ1) is 19.2. The first-order valence-corrected chi connectivity index (χ1v) is 14.2. The second-order valence-electron chi connectivity index (χ2n) is 11.6. The molecule has 2 aliphatic heterocycles. The normalized spacial score (nSPS) is 23.4. The molecule has 0 bridgehead atoms. The van der Waals surface area contributed by atoms with Gasteiger partial charge in [0.15, 0.2) is 0 Å². The lowest BCUT2D eigenvalue weighted by Crippen LogP contribution is -2.52. The number of imidazole rings is 1. The third-order valence-corrected chi connectivity index (χ3v) is 9.19. The summed E-state index contributed by atoms with van der Waals surface area (Å²) in [4.78, 5) is 36.5. The summed E-state index contributed by atoms with van der Waals surface area (Å²) in [5.74, 6) is 2.28. The van der Waals surface area contributed by atoms with Crippen LogP contribution >= 0.6 is 11.6 Å². The molecule has 2 fully saturated rings. The number of piperidine rings is 1. The molecular formula is C31H31ClN4O4. The summed E-state index contributed by atoms with van der Waals surface area (Å²) in [6.45, 7) is 6.52. The first kappa shape index (κ1) is 25.2. The van der Waals surface area contributed by atoms with Gasteiger partial charge in [-0.25, -0.2) is 9.78 Å². The van der Waals surface area contributed by atoms with E-state index < -0.39 is 12.1 Å². The molecule has 0 spiro atoms. The van der Waals surface area contributed by atoms with Gasteiger partial charge in [-0.05, 0) is 71.0 Å². The van der Waals surface area contributed by atoms with Crippen molar-refractivity contribution in [3.63, 3.8) is 0 Å². The molecule has 4 aromatic rings. The number of hydrogen-bond acceptors (Lipinski definition) is 5. The third kappa shape index (κ3) is 3.84. The van der Waals surface area contributed by atoms with E-state index in [-0.39, 0.29) is 23.9 Å². The number of alkyl carbamates (subject to hydrolysis) is 1. The van der Waals surface area contributed by atoms with Crippen LogP contribution in [0.3, 0.4) is 0 Å². The minimum absolute atomic E-state index is 0.0891. The Morgan fingerprint density at radius 2 is 2.00 bits per heavy atom. The molecule has 206 valence electrons. The standard InChI is InChI=1S/C31H31ClN4O4/c1-14(2)26(35-31(38)39-4)30(37)36-24(11-20-15(3)28(20)36)29-33-23-8-5-16-10-22-19-7-6-18(32)9-17(19)13-40-25(22)12-21(16)27(23)34-29/h5-10,12,14-15,20,24,26,28H,11,13H2,1-4H3,(H,33,34)(H,35,38)/t15-,20?,24+,26+,28?/m1/s1. The molecule has 1 saturated heterocycles. The van der Waals surface area contributed by atoms with E-state index in [4.69, 9.17) is 26.1 Å². The van der Waals surface area contributed by atoms with E-state index in [2.05, 4.69) is 41.5 Å². The summed E-state index contributed by atoms with van der Waals surface area (Å²) in [5, 5.41) is 5.55. The zero-order valence-electron chi connectivity index (χ0n) is 22.8. The average Bonchev–Trinajstić information content (AvgIpc) is 3.28. The van der Waals surface area contributed by atoms with E-state index >= 15 is 0 Å². The van der Waals surface area contributed by atoms with Crippen LogP contribution in [-0.4, -0.2) is 46.1 Å². The van der Waals surface area contributed by atoms with Gasteiger partial charge in [0.05, 0.1) is 24.2 Å². The number of methoxy groups -OCH3 is 1. The van der Waals surface area contributed by atoms with Crippen molar-refractivity contribution in [2.24, 2.45) is 17.8 Å². The molecule has 3 aromatic carbocycles. The Hall–Kier alpha value is -3.78. The minimum atomic E-state index is -0.673. The molecule has 1 aromatic heterocycles. The summed E-state index contributed by atoms with van der Waals surface area (Å²) in [7, 11) is 1.31. The Balaban J connectivity index is 1.27. The van der Waals surface area contributed by atoms with Crippen LogP contribution in [0.25, 0.3) is 32.9 Å². The minimum Gasteiger partial charge on any atom is -0.488 e. The summed E-state index contributed by atoms with van der Waals surface area (Å²) < 4.78 is 11.0. The van der Waals surface area contributed by atoms with Crippen LogP contribution in [0, 0.1) is 17.8 Å². The van der Waals surface area contributed by atoms with Crippen molar-refractivity contribution >= 4 is 45.4 Å². The monoisotopic (exact) mass is 558 g/mol. The highest BCUT2D eigenvalue weighted by Crippen LogP contribution is 2.57. The topological polar surface area (TPSA) is 96.5 Å². The highest BCUT2D eigenvalue weighted by atomic mass is 35.5. The number of fused-ring (bicyclic) bond motifs is 7. The Morgan fingerprint density at radius 1 is 1.18 bits per heavy atom. The van der Waals surface area contributed by atoms with Crippen LogP contribution in [-0.2, 0) is 16.1 Å². The maximum absolute atomic E-state index is 13.9. The van der Waals surface area contributed by atoms with E-state index in [9.17, 15) is 9.59 Å². The number of likely N-dealkylation sites (tertiary alicyclic amines) is 1. The maximum Gasteiger partial charge on any atom is 0.407 e. The van der Waals surface area contributed by atoms with Crippen molar-refractivity contribution in [2.45, 2.75) is 51.9 Å². The number of amides is 2. The second kappa shape index (κ2) is 9.13. The molecule has 3 aliphatic rings. The molecule has 1 saturated carbocycles. The van der Waals surface area contributed by atoms with Gasteiger partial charge in [-0.3, -0.25) is 4.79 Å². The molecule has 8 nitrogen and oxygen atoms in total. The van der Waals surface area contributed by atoms with Gasteiger partial charge >= 0.3 is 6.09 Å². The molecule has 40 heavy (non-hydrogen) atoms. The number of carbonyl (C=O) groups is 2. The highest BCUT2D eigenvalue weighted by Gasteiger charge is 2.61. The number of nitrogens with one attached hydrogen (secondary N) is 2. The number of aromatic nitrogens is 2. The predicted octanol–water partition coefficient (Wildman–Crippen LogP) is 6.22. The Morgan fingerprint density at radius 3 is 2.77 bits per heavy atom. The lowest BCUT2D eigenvalue weighted by atomic mass is 9.94. The maximum atomic E-state index is 13.9. The van der Waals surface area contributed by atoms with Gasteiger partial charge in [-0.2, -0.15) is 0 Å². The Kier molecular flexibility index (Phi) is 5.75. The summed E-state index contributed by atoms with van der Waals surface area (Å²) in [6, 6.07) is 13.6. The van der Waals surface area contributed by atoms with Crippen molar-refractivity contribution in [1.29, 1.82) is 0 Å². The molecule has 5 atom stereocenters. The van der Waals surface area contributed by atoms with Crippen molar-refractivity contribution in [2.75, 3.05) is 7.11 Å². The summed E-state index contributed by atoms with van der Waals surface area (Å²) >= 11 is 6.22. The second-order valence-corrected chi connectivity index (χ2v) is 12.0. The molecular weight excluding hydrogens is 528 g/mol. The predicted molar refractivity (Wildman–Crippen MR) is 153 cm³/mol. The fourth-order valence-electron chi connectivity index (χ4n) is 6.76. The van der Waals surface area contributed by atoms with Crippen molar-refractivity contribution in [1.82, 2.24) is 20.2 Å². The number of nitrogens with zero attached hydrogens (tertiary/aromatic N) is 2. The molecule has 2 amide bonds. The van der Waals surface area contributed by atoms with Crippen LogP contribution in [0.5, 0.6) is 5.75 Å². The molecule has 7 rings (SSSR count). The molecule has 2 unspecified atom stereocenters. The SMILES string of the molecule is COC(=O)N[C@H](C(=O)N1C2C(C[C@H]1c1nc3ccc4cc5c(cc4c3[nH]1)OCc1cc(Cl)ccc1-5)[C@H]2C)C(C)C. The quantitative estimate of drug-likeness (QED) is 0.310. The van der Waals surface area contributed by atoms with Crippen LogP contribution < -0.4 is 10.1 Å². The number of carbonyl (C=O) groups excluding carboxylic acids is 2. The average molecular weight is 559 g/mol. The van der Waals surface area contributed by atoms with E-state index in [0.717, 1.165) is 56.5 Å². The number of ether oxygens (including phenoxy) is 2. The van der Waals surface area contributed by atoms with Crippen LogP contribution in [0.4, 0.5) is 4.79 Å². The molecule has 1 aliphatic carbocycles. The smallest absolute Gasteiger partial charge is 0.407 e.